The van der Waals surface area contributed by atoms with E-state index in [-0.39, 0.29) is 22.8 Å². The maximum atomic E-state index is 14.3. The molecule has 1 heterocycles. The van der Waals surface area contributed by atoms with Crippen molar-refractivity contribution in [3.63, 3.8) is 0 Å². The Morgan fingerprint density at radius 3 is 2.83 bits per heavy atom. The molecular weight excluding hydrogens is 355 g/mol. The van der Waals surface area contributed by atoms with E-state index in [1.807, 2.05) is 6.26 Å². The second-order valence-corrected chi connectivity index (χ2v) is 6.60. The van der Waals surface area contributed by atoms with E-state index in [0.717, 1.165) is 0 Å². The summed E-state index contributed by atoms with van der Waals surface area (Å²) < 4.78 is 19.5. The molecule has 0 saturated heterocycles. The number of carbonyl (C=O) groups is 2. The maximum Gasteiger partial charge on any atom is 0.338 e. The Kier molecular flexibility index (Phi) is 6.12. The summed E-state index contributed by atoms with van der Waals surface area (Å²) in [6, 6.07) is 2.76. The van der Waals surface area contributed by atoms with Crippen molar-refractivity contribution in [3.8, 4) is 0 Å². The van der Waals surface area contributed by atoms with Crippen LogP contribution in [0, 0.1) is 5.82 Å². The zero-order valence-corrected chi connectivity index (χ0v) is 15.1. The molecule has 1 atom stereocenters. The fourth-order valence-electron chi connectivity index (χ4n) is 2.40. The molecule has 8 heteroatoms. The van der Waals surface area contributed by atoms with Gasteiger partial charge in [-0.15, -0.1) is 0 Å². The minimum atomic E-state index is -0.996. The molecule has 2 amide bonds. The van der Waals surface area contributed by atoms with E-state index in [1.165, 1.54) is 41.9 Å². The van der Waals surface area contributed by atoms with Crippen LogP contribution in [0.3, 0.4) is 0 Å². The summed E-state index contributed by atoms with van der Waals surface area (Å²) in [5, 5.41) is 2.75. The number of hydrogen-bond donors (Lipinski definition) is 1. The van der Waals surface area contributed by atoms with Crippen molar-refractivity contribution in [1.82, 2.24) is 10.2 Å². The van der Waals surface area contributed by atoms with Crippen LogP contribution in [0.25, 0.3) is 0 Å². The molecule has 1 unspecified atom stereocenters. The average molecular weight is 373 g/mol. The quantitative estimate of drug-likeness (QED) is 0.636. The first-order valence-corrected chi connectivity index (χ1v) is 9.00. The third kappa shape index (κ3) is 3.67. The van der Waals surface area contributed by atoms with Gasteiger partial charge in [-0.1, -0.05) is 17.7 Å². The summed E-state index contributed by atoms with van der Waals surface area (Å²) in [4.78, 5) is 25.9. The van der Waals surface area contributed by atoms with Gasteiger partial charge in [0.2, 0.25) is 0 Å². The summed E-state index contributed by atoms with van der Waals surface area (Å²) >= 11 is 7.65. The number of thioether (sulfide) groups is 1. The number of allylic oxidation sites excluding steroid dienone is 1. The summed E-state index contributed by atoms with van der Waals surface area (Å²) in [7, 11) is 1.53. The van der Waals surface area contributed by atoms with Gasteiger partial charge in [0.25, 0.3) is 0 Å². The minimum Gasteiger partial charge on any atom is -0.461 e. The molecule has 1 aliphatic heterocycles. The van der Waals surface area contributed by atoms with Crippen LogP contribution in [0.15, 0.2) is 29.5 Å². The fraction of sp³-hybridized carbons (Fsp3) is 0.375. The van der Waals surface area contributed by atoms with Crippen LogP contribution in [0.2, 0.25) is 5.02 Å². The Hall–Kier alpha value is -1.73. The summed E-state index contributed by atoms with van der Waals surface area (Å²) in [5.74, 6) is -0.553. The van der Waals surface area contributed by atoms with Crippen LogP contribution in [-0.2, 0) is 9.53 Å². The first kappa shape index (κ1) is 18.6. The molecule has 0 aromatic heterocycles. The first-order chi connectivity index (χ1) is 11.4. The molecule has 0 fully saturated rings. The lowest BCUT2D eigenvalue weighted by molar-refractivity contribution is -0.139. The Morgan fingerprint density at radius 2 is 2.21 bits per heavy atom. The fourth-order valence-corrected chi connectivity index (χ4v) is 2.92. The molecule has 0 spiro atoms. The molecule has 1 aromatic rings. The zero-order valence-electron chi connectivity index (χ0n) is 13.6. The smallest absolute Gasteiger partial charge is 0.338 e. The van der Waals surface area contributed by atoms with E-state index in [4.69, 9.17) is 16.3 Å². The Morgan fingerprint density at radius 1 is 1.50 bits per heavy atom. The number of urea groups is 1. The Balaban J connectivity index is 2.47. The second kappa shape index (κ2) is 7.90. The summed E-state index contributed by atoms with van der Waals surface area (Å²) in [6.07, 6.45) is 1.90. The van der Waals surface area contributed by atoms with Crippen molar-refractivity contribution >= 4 is 35.4 Å². The molecule has 0 aliphatic carbocycles. The number of rotatable bonds is 5. The topological polar surface area (TPSA) is 58.6 Å². The van der Waals surface area contributed by atoms with Crippen molar-refractivity contribution in [1.29, 1.82) is 0 Å². The number of amides is 2. The Labute approximate surface area is 149 Å². The highest BCUT2D eigenvalue weighted by atomic mass is 35.5. The highest BCUT2D eigenvalue weighted by Crippen LogP contribution is 2.35. The highest BCUT2D eigenvalue weighted by molar-refractivity contribution is 7.98. The van der Waals surface area contributed by atoms with E-state index in [0.29, 0.717) is 11.4 Å². The van der Waals surface area contributed by atoms with E-state index >= 15 is 0 Å². The molecule has 1 aliphatic rings. The molecule has 1 aromatic carbocycles. The third-order valence-electron chi connectivity index (χ3n) is 3.78. The summed E-state index contributed by atoms with van der Waals surface area (Å²) in [6.45, 7) is 1.85. The van der Waals surface area contributed by atoms with Gasteiger partial charge in [0, 0.05) is 29.1 Å². The number of esters is 1. The van der Waals surface area contributed by atoms with Gasteiger partial charge in [0.15, 0.2) is 0 Å². The second-order valence-electron chi connectivity index (χ2n) is 5.20. The number of halogens is 2. The maximum absolute atomic E-state index is 14.3. The first-order valence-electron chi connectivity index (χ1n) is 7.23. The molecule has 24 heavy (non-hydrogen) atoms. The van der Waals surface area contributed by atoms with Crippen LogP contribution in [-0.4, -0.2) is 42.6 Å². The molecule has 5 nitrogen and oxygen atoms in total. The molecule has 1 N–H and O–H groups in total. The van der Waals surface area contributed by atoms with Crippen molar-refractivity contribution in [2.24, 2.45) is 0 Å². The number of nitrogens with zero attached hydrogens (tertiary/aromatic N) is 1. The summed E-state index contributed by atoms with van der Waals surface area (Å²) in [5.41, 5.74) is 0.624. The number of nitrogens with one attached hydrogen (secondary N) is 1. The standard InChI is InChI=1S/C16H18ClFN2O3S/c1-9-12(15(21)23-7-8-24-3)14(19-16(22)20(9)2)13-10(17)5-4-6-11(13)18/h4-6,14H,7-8H2,1-3H3,(H,19,22). The van der Waals surface area contributed by atoms with Gasteiger partial charge in [-0.3, -0.25) is 0 Å². The highest BCUT2D eigenvalue weighted by Gasteiger charge is 2.37. The van der Waals surface area contributed by atoms with Crippen LogP contribution < -0.4 is 5.32 Å². The van der Waals surface area contributed by atoms with E-state index in [9.17, 15) is 14.0 Å². The Bertz CT molecular complexity index is 676. The molecule has 130 valence electrons. The number of benzene rings is 1. The molecule has 0 radical (unpaired) electrons. The lowest BCUT2D eigenvalue weighted by Crippen LogP contribution is -2.46. The van der Waals surface area contributed by atoms with Crippen molar-refractivity contribution in [2.75, 3.05) is 25.7 Å². The zero-order chi connectivity index (χ0) is 17.9. The van der Waals surface area contributed by atoms with E-state index < -0.39 is 23.9 Å². The van der Waals surface area contributed by atoms with Gasteiger partial charge in [-0.05, 0) is 25.3 Å². The van der Waals surface area contributed by atoms with Crippen molar-refractivity contribution < 1.29 is 18.7 Å². The van der Waals surface area contributed by atoms with Crippen LogP contribution in [0.5, 0.6) is 0 Å². The lowest BCUT2D eigenvalue weighted by atomic mass is 9.94. The van der Waals surface area contributed by atoms with Crippen LogP contribution in [0.1, 0.15) is 18.5 Å². The van der Waals surface area contributed by atoms with E-state index in [2.05, 4.69) is 5.32 Å². The average Bonchev–Trinajstić information content (AvgIpc) is 2.52. The largest absolute Gasteiger partial charge is 0.461 e. The monoisotopic (exact) mass is 372 g/mol. The van der Waals surface area contributed by atoms with E-state index in [1.54, 1.807) is 6.92 Å². The SMILES string of the molecule is CSCCOC(=O)C1=C(C)N(C)C(=O)NC1c1c(F)cccc1Cl. The van der Waals surface area contributed by atoms with Gasteiger partial charge in [-0.2, -0.15) is 11.8 Å². The lowest BCUT2D eigenvalue weighted by Gasteiger charge is -2.33. The molecular formula is C16H18ClFN2O3S. The predicted molar refractivity (Wildman–Crippen MR) is 92.5 cm³/mol. The molecule has 0 bridgehead atoms. The third-order valence-corrected chi connectivity index (χ3v) is 4.69. The number of ether oxygens (including phenoxy) is 1. The number of carbonyl (C=O) groups excluding carboxylic acids is 2. The predicted octanol–water partition coefficient (Wildman–Crippen LogP) is 3.36. The number of hydrogen-bond acceptors (Lipinski definition) is 4. The van der Waals surface area contributed by atoms with Crippen LogP contribution >= 0.6 is 23.4 Å². The minimum absolute atomic E-state index is 0.0526. The molecule has 2 rings (SSSR count). The van der Waals surface area contributed by atoms with Gasteiger partial charge in [0.05, 0.1) is 11.6 Å². The molecule has 0 saturated carbocycles. The van der Waals surface area contributed by atoms with Gasteiger partial charge in [0.1, 0.15) is 12.4 Å². The van der Waals surface area contributed by atoms with Crippen molar-refractivity contribution in [3.05, 3.63) is 45.9 Å². The van der Waals surface area contributed by atoms with Gasteiger partial charge >= 0.3 is 12.0 Å². The van der Waals surface area contributed by atoms with Gasteiger partial charge in [-0.25, -0.2) is 14.0 Å². The normalized spacial score (nSPS) is 17.8. The van der Waals surface area contributed by atoms with Crippen molar-refractivity contribution in [2.45, 2.75) is 13.0 Å². The van der Waals surface area contributed by atoms with Crippen LogP contribution in [0.4, 0.5) is 9.18 Å². The van der Waals surface area contributed by atoms with Gasteiger partial charge < -0.3 is 15.0 Å².